The topological polar surface area (TPSA) is 104 Å². The van der Waals surface area contributed by atoms with Gasteiger partial charge in [0.1, 0.15) is 0 Å². The Labute approximate surface area is 81.2 Å². The minimum atomic E-state index is -2.90. The van der Waals surface area contributed by atoms with Crippen molar-refractivity contribution >= 4 is 9.84 Å². The normalized spacial score (nSPS) is 25.4. The third-order valence-corrected chi connectivity index (χ3v) is 4.05. The highest BCUT2D eigenvalue weighted by Crippen LogP contribution is 2.22. The molecule has 1 unspecified atom stereocenters. The predicted octanol–water partition coefficient (Wildman–Crippen LogP) is -1.51. The number of nitrogens with zero attached hydrogens (tertiary/aromatic N) is 4. The fraction of sp³-hybridized carbons (Fsp3) is 0.833. The number of sulfone groups is 1. The third-order valence-electron chi connectivity index (χ3n) is 2.30. The second-order valence-electron chi connectivity index (χ2n) is 3.30. The van der Waals surface area contributed by atoms with Gasteiger partial charge in [-0.2, -0.15) is 0 Å². The van der Waals surface area contributed by atoms with Gasteiger partial charge in [-0.15, -0.1) is 5.10 Å². The van der Waals surface area contributed by atoms with Crippen LogP contribution < -0.4 is 5.73 Å². The van der Waals surface area contributed by atoms with Gasteiger partial charge in [0.25, 0.3) is 0 Å². The first-order valence-electron chi connectivity index (χ1n) is 4.29. The van der Waals surface area contributed by atoms with Crippen LogP contribution in [-0.2, 0) is 16.4 Å². The van der Waals surface area contributed by atoms with Crippen molar-refractivity contribution in [3.63, 3.8) is 0 Å². The maximum absolute atomic E-state index is 11.2. The maximum Gasteiger partial charge on any atom is 0.165 e. The third kappa shape index (κ3) is 1.62. The van der Waals surface area contributed by atoms with E-state index >= 15 is 0 Å². The molecule has 78 valence electrons. The van der Waals surface area contributed by atoms with Crippen molar-refractivity contribution < 1.29 is 8.42 Å². The summed E-state index contributed by atoms with van der Waals surface area (Å²) >= 11 is 0. The quantitative estimate of drug-likeness (QED) is 0.646. The fourth-order valence-electron chi connectivity index (χ4n) is 1.60. The van der Waals surface area contributed by atoms with E-state index < -0.39 is 9.84 Å². The maximum atomic E-state index is 11.2. The minimum absolute atomic E-state index is 0.116. The van der Waals surface area contributed by atoms with Crippen molar-refractivity contribution in [3.8, 4) is 0 Å². The Kier molecular flexibility index (Phi) is 2.23. The molecule has 1 aromatic heterocycles. The van der Waals surface area contributed by atoms with Crippen LogP contribution in [0.15, 0.2) is 0 Å². The highest BCUT2D eigenvalue weighted by atomic mass is 32.2. The molecule has 1 aliphatic heterocycles. The van der Waals surface area contributed by atoms with Gasteiger partial charge in [0.05, 0.1) is 24.1 Å². The van der Waals surface area contributed by atoms with Gasteiger partial charge < -0.3 is 5.73 Å². The molecule has 1 fully saturated rings. The number of hydrogen-bond acceptors (Lipinski definition) is 6. The zero-order valence-corrected chi connectivity index (χ0v) is 8.31. The summed E-state index contributed by atoms with van der Waals surface area (Å²) in [5.74, 6) is 0.860. The van der Waals surface area contributed by atoms with Crippen molar-refractivity contribution in [2.24, 2.45) is 5.73 Å². The molecule has 2 rings (SSSR count). The lowest BCUT2D eigenvalue weighted by Crippen LogP contribution is -2.17. The molecule has 0 amide bonds. The lowest BCUT2D eigenvalue weighted by molar-refractivity contribution is 0.467. The van der Waals surface area contributed by atoms with Crippen LogP contribution in [0.25, 0.3) is 0 Å². The number of aromatic nitrogens is 4. The summed E-state index contributed by atoms with van der Waals surface area (Å²) in [5.41, 5.74) is 5.42. The van der Waals surface area contributed by atoms with Crippen molar-refractivity contribution in [1.82, 2.24) is 20.2 Å². The first-order chi connectivity index (χ1) is 6.62. The summed E-state index contributed by atoms with van der Waals surface area (Å²) in [7, 11) is -2.90. The van der Waals surface area contributed by atoms with Crippen molar-refractivity contribution in [2.45, 2.75) is 19.0 Å². The van der Waals surface area contributed by atoms with E-state index in [4.69, 9.17) is 5.73 Å². The van der Waals surface area contributed by atoms with Crippen LogP contribution in [-0.4, -0.2) is 40.1 Å². The molecule has 1 atom stereocenters. The van der Waals surface area contributed by atoms with Gasteiger partial charge in [-0.3, -0.25) is 0 Å². The molecule has 0 spiro atoms. The molecule has 14 heavy (non-hydrogen) atoms. The van der Waals surface area contributed by atoms with E-state index in [-0.39, 0.29) is 24.1 Å². The first-order valence-corrected chi connectivity index (χ1v) is 6.12. The summed E-state index contributed by atoms with van der Waals surface area (Å²) < 4.78 is 24.0. The van der Waals surface area contributed by atoms with Crippen LogP contribution in [0.2, 0.25) is 0 Å². The Hall–Kier alpha value is -1.02. The van der Waals surface area contributed by atoms with E-state index in [2.05, 4.69) is 15.5 Å². The van der Waals surface area contributed by atoms with E-state index in [0.29, 0.717) is 12.2 Å². The van der Waals surface area contributed by atoms with Gasteiger partial charge >= 0.3 is 0 Å². The van der Waals surface area contributed by atoms with Crippen LogP contribution >= 0.6 is 0 Å². The summed E-state index contributed by atoms with van der Waals surface area (Å²) in [5, 5.41) is 10.9. The standard InChI is InChI=1S/C6H11N5O2S/c7-3-6-8-9-10-11(6)5-1-2-14(12,13)4-5/h5H,1-4,7H2. The summed E-state index contributed by atoms with van der Waals surface area (Å²) in [4.78, 5) is 0. The molecule has 0 aliphatic carbocycles. The smallest absolute Gasteiger partial charge is 0.165 e. The predicted molar refractivity (Wildman–Crippen MR) is 48.0 cm³/mol. The largest absolute Gasteiger partial charge is 0.324 e. The Morgan fingerprint density at radius 2 is 2.36 bits per heavy atom. The number of nitrogens with two attached hydrogens (primary N) is 1. The Morgan fingerprint density at radius 1 is 1.57 bits per heavy atom. The van der Waals surface area contributed by atoms with Crippen LogP contribution in [0, 0.1) is 0 Å². The van der Waals surface area contributed by atoms with Gasteiger partial charge in [-0.05, 0) is 16.8 Å². The lowest BCUT2D eigenvalue weighted by Gasteiger charge is -2.08. The van der Waals surface area contributed by atoms with E-state index in [0.717, 1.165) is 0 Å². The van der Waals surface area contributed by atoms with Gasteiger partial charge in [0.15, 0.2) is 15.7 Å². The Morgan fingerprint density at radius 3 is 2.93 bits per heavy atom. The Bertz CT molecular complexity index is 425. The summed E-state index contributed by atoms with van der Waals surface area (Å²) in [6.07, 6.45) is 0.570. The molecule has 1 saturated heterocycles. The monoisotopic (exact) mass is 217 g/mol. The summed E-state index contributed by atoms with van der Waals surface area (Å²) in [6.45, 7) is 0.226. The fourth-order valence-corrected chi connectivity index (χ4v) is 3.29. The number of hydrogen-bond donors (Lipinski definition) is 1. The molecular formula is C6H11N5O2S. The second kappa shape index (κ2) is 3.28. The van der Waals surface area contributed by atoms with Gasteiger partial charge in [0, 0.05) is 0 Å². The number of rotatable bonds is 2. The molecule has 2 heterocycles. The molecule has 2 N–H and O–H groups in total. The summed E-state index contributed by atoms with van der Waals surface area (Å²) in [6, 6.07) is -0.145. The minimum Gasteiger partial charge on any atom is -0.324 e. The molecule has 0 bridgehead atoms. The second-order valence-corrected chi connectivity index (χ2v) is 5.53. The highest BCUT2D eigenvalue weighted by Gasteiger charge is 2.31. The zero-order valence-electron chi connectivity index (χ0n) is 7.50. The van der Waals surface area contributed by atoms with Gasteiger partial charge in [-0.1, -0.05) is 0 Å². The van der Waals surface area contributed by atoms with Crippen LogP contribution in [0.1, 0.15) is 18.3 Å². The molecule has 1 aliphatic rings. The van der Waals surface area contributed by atoms with Crippen molar-refractivity contribution in [3.05, 3.63) is 5.82 Å². The average Bonchev–Trinajstić information content (AvgIpc) is 2.70. The van der Waals surface area contributed by atoms with Crippen molar-refractivity contribution in [2.75, 3.05) is 11.5 Å². The van der Waals surface area contributed by atoms with Gasteiger partial charge in [-0.25, -0.2) is 13.1 Å². The Balaban J connectivity index is 2.25. The molecule has 1 aromatic rings. The number of tetrazole rings is 1. The van der Waals surface area contributed by atoms with Crippen LogP contribution in [0.3, 0.4) is 0 Å². The molecule has 7 nitrogen and oxygen atoms in total. The zero-order chi connectivity index (χ0) is 10.2. The average molecular weight is 217 g/mol. The first kappa shape index (κ1) is 9.53. The van der Waals surface area contributed by atoms with E-state index in [1.54, 1.807) is 0 Å². The SMILES string of the molecule is NCc1nnnn1C1CCS(=O)(=O)C1. The molecule has 0 aromatic carbocycles. The van der Waals surface area contributed by atoms with Gasteiger partial charge in [0.2, 0.25) is 0 Å². The van der Waals surface area contributed by atoms with E-state index in [1.807, 2.05) is 0 Å². The molecule has 0 radical (unpaired) electrons. The molecular weight excluding hydrogens is 206 g/mol. The van der Waals surface area contributed by atoms with E-state index in [1.165, 1.54) is 4.68 Å². The van der Waals surface area contributed by atoms with Crippen LogP contribution in [0.4, 0.5) is 0 Å². The van der Waals surface area contributed by atoms with Crippen molar-refractivity contribution in [1.29, 1.82) is 0 Å². The van der Waals surface area contributed by atoms with Crippen LogP contribution in [0.5, 0.6) is 0 Å². The molecule has 8 heteroatoms. The van der Waals surface area contributed by atoms with E-state index in [9.17, 15) is 8.42 Å². The highest BCUT2D eigenvalue weighted by molar-refractivity contribution is 7.91. The lowest BCUT2D eigenvalue weighted by atomic mass is 10.3. The molecule has 0 saturated carbocycles.